The van der Waals surface area contributed by atoms with Crippen LogP contribution in [0.15, 0.2) is 54.7 Å². The van der Waals surface area contributed by atoms with Crippen LogP contribution in [0, 0.1) is 0 Å². The lowest BCUT2D eigenvalue weighted by molar-refractivity contribution is 0.153. The van der Waals surface area contributed by atoms with Crippen LogP contribution in [0.2, 0.25) is 0 Å². The first-order chi connectivity index (χ1) is 9.25. The molecular weight excluding hydrogens is 236 g/mol. The molecule has 100 valence electrons. The van der Waals surface area contributed by atoms with Crippen molar-refractivity contribution < 1.29 is 5.11 Å². The van der Waals surface area contributed by atoms with Crippen molar-refractivity contribution >= 4 is 0 Å². The van der Waals surface area contributed by atoms with E-state index < -0.39 is 6.10 Å². The second-order valence-corrected chi connectivity index (χ2v) is 4.77. The van der Waals surface area contributed by atoms with Gasteiger partial charge in [-0.1, -0.05) is 36.4 Å². The number of aliphatic hydroxyl groups excluding tert-OH is 1. The molecule has 0 aliphatic heterocycles. The van der Waals surface area contributed by atoms with Gasteiger partial charge in [-0.25, -0.2) is 0 Å². The smallest absolute Gasteiger partial charge is 0.0804 e. The van der Waals surface area contributed by atoms with Crippen LogP contribution in [0.1, 0.15) is 30.7 Å². The predicted molar refractivity (Wildman–Crippen MR) is 76.6 cm³/mol. The third kappa shape index (κ3) is 4.47. The first-order valence-corrected chi connectivity index (χ1v) is 6.62. The Morgan fingerprint density at radius 3 is 2.53 bits per heavy atom. The molecule has 0 bridgehead atoms. The third-order valence-corrected chi connectivity index (χ3v) is 3.12. The SMILES string of the molecule is CC(CC(O)c1ccccc1)NCc1ccccn1. The maximum absolute atomic E-state index is 10.1. The van der Waals surface area contributed by atoms with Crippen molar-refractivity contribution in [1.82, 2.24) is 10.3 Å². The minimum absolute atomic E-state index is 0.234. The number of pyridine rings is 1. The second-order valence-electron chi connectivity index (χ2n) is 4.77. The van der Waals surface area contributed by atoms with Gasteiger partial charge in [-0.3, -0.25) is 4.98 Å². The number of nitrogens with one attached hydrogen (secondary N) is 1. The molecule has 2 aromatic rings. The summed E-state index contributed by atoms with van der Waals surface area (Å²) < 4.78 is 0. The normalized spacial score (nSPS) is 14.0. The van der Waals surface area contributed by atoms with Crippen LogP contribution >= 0.6 is 0 Å². The summed E-state index contributed by atoms with van der Waals surface area (Å²) in [6.07, 6.45) is 2.06. The molecule has 1 aromatic carbocycles. The Hall–Kier alpha value is -1.71. The minimum Gasteiger partial charge on any atom is -0.388 e. The molecule has 1 aromatic heterocycles. The van der Waals surface area contributed by atoms with E-state index in [1.165, 1.54) is 0 Å². The van der Waals surface area contributed by atoms with Crippen LogP contribution in [0.4, 0.5) is 0 Å². The van der Waals surface area contributed by atoms with Crippen LogP contribution in [0.5, 0.6) is 0 Å². The topological polar surface area (TPSA) is 45.1 Å². The minimum atomic E-state index is -0.424. The highest BCUT2D eigenvalue weighted by atomic mass is 16.3. The molecule has 0 radical (unpaired) electrons. The molecule has 0 aliphatic carbocycles. The van der Waals surface area contributed by atoms with E-state index in [2.05, 4.69) is 17.2 Å². The molecule has 1 heterocycles. The van der Waals surface area contributed by atoms with Crippen molar-refractivity contribution in [2.45, 2.75) is 32.0 Å². The van der Waals surface area contributed by atoms with Crippen LogP contribution < -0.4 is 5.32 Å². The van der Waals surface area contributed by atoms with E-state index in [4.69, 9.17) is 0 Å². The Balaban J connectivity index is 1.80. The lowest BCUT2D eigenvalue weighted by Crippen LogP contribution is -2.27. The molecule has 2 atom stereocenters. The molecule has 0 saturated carbocycles. The Labute approximate surface area is 114 Å². The Morgan fingerprint density at radius 1 is 1.11 bits per heavy atom. The number of hydrogen-bond donors (Lipinski definition) is 2. The van der Waals surface area contributed by atoms with Crippen molar-refractivity contribution in [3.05, 3.63) is 66.0 Å². The van der Waals surface area contributed by atoms with Crippen molar-refractivity contribution in [1.29, 1.82) is 0 Å². The maximum atomic E-state index is 10.1. The average molecular weight is 256 g/mol. The highest BCUT2D eigenvalue weighted by Gasteiger charge is 2.11. The molecule has 0 amide bonds. The van der Waals surface area contributed by atoms with E-state index in [0.29, 0.717) is 6.42 Å². The highest BCUT2D eigenvalue weighted by molar-refractivity contribution is 5.17. The zero-order chi connectivity index (χ0) is 13.5. The summed E-state index contributed by atoms with van der Waals surface area (Å²) in [4.78, 5) is 4.26. The summed E-state index contributed by atoms with van der Waals surface area (Å²) in [5.74, 6) is 0. The number of rotatable bonds is 6. The van der Waals surface area contributed by atoms with Gasteiger partial charge < -0.3 is 10.4 Å². The molecule has 0 fully saturated rings. The molecular formula is C16H20N2O. The fraction of sp³-hybridized carbons (Fsp3) is 0.312. The fourth-order valence-corrected chi connectivity index (χ4v) is 2.01. The predicted octanol–water partition coefficient (Wildman–Crippen LogP) is 2.68. The first-order valence-electron chi connectivity index (χ1n) is 6.62. The zero-order valence-electron chi connectivity index (χ0n) is 11.2. The summed E-state index contributed by atoms with van der Waals surface area (Å²) in [7, 11) is 0. The van der Waals surface area contributed by atoms with Gasteiger partial charge in [0.15, 0.2) is 0 Å². The van der Waals surface area contributed by atoms with E-state index in [1.807, 2.05) is 48.5 Å². The number of aromatic nitrogens is 1. The van der Waals surface area contributed by atoms with Gasteiger partial charge in [0.2, 0.25) is 0 Å². The third-order valence-electron chi connectivity index (χ3n) is 3.12. The lowest BCUT2D eigenvalue weighted by Gasteiger charge is -2.18. The van der Waals surface area contributed by atoms with Crippen LogP contribution in [-0.4, -0.2) is 16.1 Å². The Kier molecular flexibility index (Phi) is 5.07. The van der Waals surface area contributed by atoms with Gasteiger partial charge in [-0.15, -0.1) is 0 Å². The summed E-state index contributed by atoms with van der Waals surface area (Å²) in [5.41, 5.74) is 1.98. The van der Waals surface area contributed by atoms with E-state index >= 15 is 0 Å². The molecule has 0 aliphatic rings. The van der Waals surface area contributed by atoms with Crippen molar-refractivity contribution in [3.8, 4) is 0 Å². The zero-order valence-corrected chi connectivity index (χ0v) is 11.2. The number of aliphatic hydroxyl groups is 1. The number of nitrogens with zero attached hydrogens (tertiary/aromatic N) is 1. The van der Waals surface area contributed by atoms with Crippen molar-refractivity contribution in [3.63, 3.8) is 0 Å². The van der Waals surface area contributed by atoms with Gasteiger partial charge in [-0.05, 0) is 31.0 Å². The molecule has 3 heteroatoms. The Bertz CT molecular complexity index is 473. The van der Waals surface area contributed by atoms with Gasteiger partial charge in [-0.2, -0.15) is 0 Å². The van der Waals surface area contributed by atoms with Crippen LogP contribution in [0.25, 0.3) is 0 Å². The summed E-state index contributed by atoms with van der Waals surface area (Å²) in [5, 5.41) is 13.5. The molecule has 0 spiro atoms. The maximum Gasteiger partial charge on any atom is 0.0804 e. The van der Waals surface area contributed by atoms with Gasteiger partial charge in [0.25, 0.3) is 0 Å². The highest BCUT2D eigenvalue weighted by Crippen LogP contribution is 2.17. The van der Waals surface area contributed by atoms with E-state index in [-0.39, 0.29) is 6.04 Å². The number of benzene rings is 1. The van der Waals surface area contributed by atoms with Crippen molar-refractivity contribution in [2.75, 3.05) is 0 Å². The summed E-state index contributed by atoms with van der Waals surface area (Å²) in [6.45, 7) is 2.80. The van der Waals surface area contributed by atoms with Crippen LogP contribution in [0.3, 0.4) is 0 Å². The summed E-state index contributed by atoms with van der Waals surface area (Å²) in [6, 6.07) is 15.9. The summed E-state index contributed by atoms with van der Waals surface area (Å²) >= 11 is 0. The molecule has 3 nitrogen and oxygen atoms in total. The molecule has 0 saturated heterocycles. The standard InChI is InChI=1S/C16H20N2O/c1-13(18-12-15-9-5-6-10-17-15)11-16(19)14-7-3-2-4-8-14/h2-10,13,16,18-19H,11-12H2,1H3. The second kappa shape index (κ2) is 7.02. The van der Waals surface area contributed by atoms with E-state index in [9.17, 15) is 5.11 Å². The molecule has 19 heavy (non-hydrogen) atoms. The molecule has 2 unspecified atom stereocenters. The fourth-order valence-electron chi connectivity index (χ4n) is 2.01. The van der Waals surface area contributed by atoms with Gasteiger partial charge in [0, 0.05) is 18.8 Å². The van der Waals surface area contributed by atoms with Gasteiger partial charge >= 0.3 is 0 Å². The van der Waals surface area contributed by atoms with Gasteiger partial charge in [0.05, 0.1) is 11.8 Å². The largest absolute Gasteiger partial charge is 0.388 e. The van der Waals surface area contributed by atoms with Crippen molar-refractivity contribution in [2.24, 2.45) is 0 Å². The molecule has 2 N–H and O–H groups in total. The van der Waals surface area contributed by atoms with E-state index in [1.54, 1.807) is 6.20 Å². The first kappa shape index (κ1) is 13.7. The lowest BCUT2D eigenvalue weighted by atomic mass is 10.0. The monoisotopic (exact) mass is 256 g/mol. The average Bonchev–Trinajstić information content (AvgIpc) is 2.47. The van der Waals surface area contributed by atoms with Crippen LogP contribution in [-0.2, 0) is 6.54 Å². The van der Waals surface area contributed by atoms with E-state index in [0.717, 1.165) is 17.8 Å². The van der Waals surface area contributed by atoms with Gasteiger partial charge in [0.1, 0.15) is 0 Å². The number of hydrogen-bond acceptors (Lipinski definition) is 3. The molecule has 2 rings (SSSR count). The Morgan fingerprint density at radius 2 is 1.84 bits per heavy atom. The quantitative estimate of drug-likeness (QED) is 0.835.